The molecule has 3 N–H and O–H groups in total. The number of rotatable bonds is 4. The van der Waals surface area contributed by atoms with Crippen molar-refractivity contribution in [2.24, 2.45) is 0 Å². The summed E-state index contributed by atoms with van der Waals surface area (Å²) in [6.45, 7) is 2.74. The standard InChI is InChI=1S/C15H19N3O4/c1-9(14(19)18-15(20)17-10-2-3-10)16-11-4-5-12-13(8-11)22-7-6-21-12/h4-5,8-10,16H,2-3,6-7H2,1H3,(H2,17,18,19,20). The Balaban J connectivity index is 1.54. The molecule has 22 heavy (non-hydrogen) atoms. The molecule has 0 radical (unpaired) electrons. The van der Waals surface area contributed by atoms with Crippen molar-refractivity contribution in [3.8, 4) is 11.5 Å². The summed E-state index contributed by atoms with van der Waals surface area (Å²) < 4.78 is 10.9. The van der Waals surface area contributed by atoms with Gasteiger partial charge >= 0.3 is 6.03 Å². The molecule has 1 aliphatic heterocycles. The van der Waals surface area contributed by atoms with Crippen molar-refractivity contribution in [1.29, 1.82) is 0 Å². The number of imide groups is 1. The molecular formula is C15H19N3O4. The number of anilines is 1. The van der Waals surface area contributed by atoms with Crippen LogP contribution in [-0.2, 0) is 4.79 Å². The van der Waals surface area contributed by atoms with E-state index in [0.717, 1.165) is 18.5 Å². The van der Waals surface area contributed by atoms with Crippen molar-refractivity contribution in [1.82, 2.24) is 10.6 Å². The van der Waals surface area contributed by atoms with Gasteiger partial charge in [0.1, 0.15) is 19.3 Å². The average Bonchev–Trinajstić information content (AvgIpc) is 3.30. The number of fused-ring (bicyclic) bond motifs is 1. The molecule has 1 atom stereocenters. The molecule has 3 rings (SSSR count). The van der Waals surface area contributed by atoms with E-state index in [4.69, 9.17) is 9.47 Å². The lowest BCUT2D eigenvalue weighted by atomic mass is 10.2. The van der Waals surface area contributed by atoms with Gasteiger partial charge in [0.15, 0.2) is 11.5 Å². The predicted octanol–water partition coefficient (Wildman–Crippen LogP) is 1.25. The summed E-state index contributed by atoms with van der Waals surface area (Å²) in [7, 11) is 0. The zero-order valence-electron chi connectivity index (χ0n) is 12.3. The highest BCUT2D eigenvalue weighted by molar-refractivity contribution is 5.98. The van der Waals surface area contributed by atoms with E-state index < -0.39 is 12.1 Å². The second-order valence-corrected chi connectivity index (χ2v) is 5.46. The molecule has 1 aliphatic carbocycles. The number of urea groups is 1. The van der Waals surface area contributed by atoms with Crippen LogP contribution in [-0.4, -0.2) is 37.2 Å². The molecule has 1 unspecified atom stereocenters. The molecule has 0 aromatic heterocycles. The highest BCUT2D eigenvalue weighted by atomic mass is 16.6. The molecule has 0 bridgehead atoms. The van der Waals surface area contributed by atoms with Crippen LogP contribution < -0.4 is 25.4 Å². The first-order valence-corrected chi connectivity index (χ1v) is 7.39. The van der Waals surface area contributed by atoms with E-state index in [0.29, 0.717) is 24.7 Å². The number of carbonyl (C=O) groups is 2. The van der Waals surface area contributed by atoms with Crippen molar-refractivity contribution in [3.63, 3.8) is 0 Å². The zero-order valence-corrected chi connectivity index (χ0v) is 12.3. The van der Waals surface area contributed by atoms with Gasteiger partial charge in [0, 0.05) is 17.8 Å². The van der Waals surface area contributed by atoms with Gasteiger partial charge < -0.3 is 20.1 Å². The van der Waals surface area contributed by atoms with E-state index in [2.05, 4.69) is 16.0 Å². The maximum Gasteiger partial charge on any atom is 0.321 e. The third-order valence-electron chi connectivity index (χ3n) is 3.47. The van der Waals surface area contributed by atoms with E-state index in [1.54, 1.807) is 19.1 Å². The third kappa shape index (κ3) is 3.60. The summed E-state index contributed by atoms with van der Waals surface area (Å²) in [6, 6.07) is 4.61. The summed E-state index contributed by atoms with van der Waals surface area (Å²) in [5.74, 6) is 0.959. The Bertz CT molecular complexity index is 586. The van der Waals surface area contributed by atoms with Crippen LogP contribution in [0.2, 0.25) is 0 Å². The monoisotopic (exact) mass is 305 g/mol. The molecule has 0 saturated heterocycles. The highest BCUT2D eigenvalue weighted by Crippen LogP contribution is 2.32. The fourth-order valence-electron chi connectivity index (χ4n) is 2.12. The Morgan fingerprint density at radius 2 is 1.91 bits per heavy atom. The van der Waals surface area contributed by atoms with Gasteiger partial charge in [0.05, 0.1) is 0 Å². The summed E-state index contributed by atoms with van der Waals surface area (Å²) in [5, 5.41) is 8.07. The van der Waals surface area contributed by atoms with Gasteiger partial charge in [0.25, 0.3) is 0 Å². The second kappa shape index (κ2) is 6.13. The van der Waals surface area contributed by atoms with Crippen LogP contribution in [0.5, 0.6) is 11.5 Å². The SMILES string of the molecule is CC(Nc1ccc2c(c1)OCCO2)C(=O)NC(=O)NC1CC1. The van der Waals surface area contributed by atoms with Crippen LogP contribution in [0.4, 0.5) is 10.5 Å². The van der Waals surface area contributed by atoms with E-state index >= 15 is 0 Å². The van der Waals surface area contributed by atoms with E-state index in [-0.39, 0.29) is 11.9 Å². The fraction of sp³-hybridized carbons (Fsp3) is 0.467. The third-order valence-corrected chi connectivity index (χ3v) is 3.47. The van der Waals surface area contributed by atoms with Gasteiger partial charge in [-0.3, -0.25) is 10.1 Å². The molecule has 7 nitrogen and oxygen atoms in total. The lowest BCUT2D eigenvalue weighted by Gasteiger charge is -2.20. The van der Waals surface area contributed by atoms with Gasteiger partial charge in [-0.2, -0.15) is 0 Å². The first-order valence-electron chi connectivity index (χ1n) is 7.39. The molecule has 2 aliphatic rings. The smallest absolute Gasteiger partial charge is 0.321 e. The number of carbonyl (C=O) groups excluding carboxylic acids is 2. The minimum Gasteiger partial charge on any atom is -0.486 e. The molecular weight excluding hydrogens is 286 g/mol. The first kappa shape index (κ1) is 14.5. The molecule has 118 valence electrons. The number of hydrogen-bond acceptors (Lipinski definition) is 5. The molecule has 1 aromatic rings. The van der Waals surface area contributed by atoms with Gasteiger partial charge in [0.2, 0.25) is 5.91 Å². The van der Waals surface area contributed by atoms with Crippen LogP contribution in [0.1, 0.15) is 19.8 Å². The van der Waals surface area contributed by atoms with E-state index in [9.17, 15) is 9.59 Å². The maximum absolute atomic E-state index is 12.0. The van der Waals surface area contributed by atoms with Crippen molar-refractivity contribution in [3.05, 3.63) is 18.2 Å². The molecule has 1 aromatic carbocycles. The Labute approximate surface area is 128 Å². The quantitative estimate of drug-likeness (QED) is 0.779. The lowest BCUT2D eigenvalue weighted by molar-refractivity contribution is -0.120. The van der Waals surface area contributed by atoms with Gasteiger partial charge in [-0.25, -0.2) is 4.79 Å². The Kier molecular flexibility index (Phi) is 4.04. The Morgan fingerprint density at radius 3 is 2.64 bits per heavy atom. The lowest BCUT2D eigenvalue weighted by Crippen LogP contribution is -2.46. The normalized spacial score (nSPS) is 17.3. The van der Waals surface area contributed by atoms with Crippen molar-refractivity contribution in [2.45, 2.75) is 31.8 Å². The first-order chi connectivity index (χ1) is 10.6. The average molecular weight is 305 g/mol. The number of hydrogen-bond donors (Lipinski definition) is 3. The molecule has 7 heteroatoms. The molecule has 1 heterocycles. The van der Waals surface area contributed by atoms with Gasteiger partial charge in [-0.05, 0) is 31.9 Å². The number of nitrogens with one attached hydrogen (secondary N) is 3. The second-order valence-electron chi connectivity index (χ2n) is 5.46. The summed E-state index contributed by atoms with van der Waals surface area (Å²) in [6.07, 6.45) is 1.96. The predicted molar refractivity (Wildman–Crippen MR) is 80.2 cm³/mol. The highest BCUT2D eigenvalue weighted by Gasteiger charge is 2.25. The van der Waals surface area contributed by atoms with Crippen LogP contribution in [0.15, 0.2) is 18.2 Å². The summed E-state index contributed by atoms with van der Waals surface area (Å²) in [4.78, 5) is 23.5. The largest absolute Gasteiger partial charge is 0.486 e. The molecule has 1 fully saturated rings. The van der Waals surface area contributed by atoms with E-state index in [1.165, 1.54) is 0 Å². The minimum absolute atomic E-state index is 0.217. The van der Waals surface area contributed by atoms with Crippen LogP contribution in [0, 0.1) is 0 Å². The van der Waals surface area contributed by atoms with Gasteiger partial charge in [-0.1, -0.05) is 0 Å². The van der Waals surface area contributed by atoms with Crippen LogP contribution in [0.25, 0.3) is 0 Å². The van der Waals surface area contributed by atoms with Crippen molar-refractivity contribution < 1.29 is 19.1 Å². The molecule has 1 saturated carbocycles. The van der Waals surface area contributed by atoms with Crippen molar-refractivity contribution >= 4 is 17.6 Å². The topological polar surface area (TPSA) is 88.7 Å². The Morgan fingerprint density at radius 1 is 1.18 bits per heavy atom. The van der Waals surface area contributed by atoms with Crippen LogP contribution >= 0.6 is 0 Å². The molecule has 0 spiro atoms. The number of amides is 3. The zero-order chi connectivity index (χ0) is 15.5. The number of ether oxygens (including phenoxy) is 2. The number of benzene rings is 1. The molecule has 3 amide bonds. The summed E-state index contributed by atoms with van der Waals surface area (Å²) in [5.41, 5.74) is 0.731. The summed E-state index contributed by atoms with van der Waals surface area (Å²) >= 11 is 0. The fourth-order valence-corrected chi connectivity index (χ4v) is 2.12. The van der Waals surface area contributed by atoms with Gasteiger partial charge in [-0.15, -0.1) is 0 Å². The van der Waals surface area contributed by atoms with E-state index in [1.807, 2.05) is 6.07 Å². The Hall–Kier alpha value is -2.44. The van der Waals surface area contributed by atoms with Crippen LogP contribution in [0.3, 0.4) is 0 Å². The minimum atomic E-state index is -0.549. The maximum atomic E-state index is 12.0. The van der Waals surface area contributed by atoms with Crippen molar-refractivity contribution in [2.75, 3.05) is 18.5 Å².